The molecule has 1 saturated heterocycles. The number of amides is 1. The third kappa shape index (κ3) is 5.61. The van der Waals surface area contributed by atoms with Gasteiger partial charge >= 0.3 is 0 Å². The highest BCUT2D eigenvalue weighted by Gasteiger charge is 2.42. The fourth-order valence-electron chi connectivity index (χ4n) is 5.27. The Kier molecular flexibility index (Phi) is 7.94. The van der Waals surface area contributed by atoms with Gasteiger partial charge in [0.2, 0.25) is 5.91 Å². The van der Waals surface area contributed by atoms with E-state index in [1.165, 1.54) is 0 Å². The van der Waals surface area contributed by atoms with Crippen molar-refractivity contribution >= 4 is 50.5 Å². The molecule has 5 rings (SSSR count). The van der Waals surface area contributed by atoms with E-state index in [2.05, 4.69) is 80.2 Å². The molecule has 0 saturated carbocycles. The Hall–Kier alpha value is -3.69. The minimum atomic E-state index is -0.539. The zero-order valence-electron chi connectivity index (χ0n) is 24.0. The average Bonchev–Trinajstić information content (AvgIpc) is 3.44. The predicted octanol–water partition coefficient (Wildman–Crippen LogP) is 7.42. The second kappa shape index (κ2) is 11.3. The summed E-state index contributed by atoms with van der Waals surface area (Å²) in [5.74, 6) is 0.471. The molecule has 0 spiro atoms. The van der Waals surface area contributed by atoms with Gasteiger partial charge in [-0.2, -0.15) is 0 Å². The Morgan fingerprint density at radius 2 is 1.76 bits per heavy atom. The van der Waals surface area contributed by atoms with Crippen LogP contribution in [0.3, 0.4) is 0 Å². The molecule has 4 aromatic rings. The number of hydrogen-bond donors (Lipinski definition) is 2. The van der Waals surface area contributed by atoms with E-state index in [1.54, 1.807) is 13.3 Å². The lowest BCUT2D eigenvalue weighted by Crippen LogP contribution is -2.30. The number of anilines is 2. The smallest absolute Gasteiger partial charge is 0.229 e. The number of aryl methyl sites for hydroxylation is 1. The van der Waals surface area contributed by atoms with Gasteiger partial charge in [-0.25, -0.2) is 0 Å². The second-order valence-electron chi connectivity index (χ2n) is 11.2. The first-order valence-corrected chi connectivity index (χ1v) is 14.6. The SMILES string of the molecule is COc1cc(N2C(=S)N[C@@H](c3ccccn3)[C@H]2c2cc(C)n(-c3ccc(Br)cc3)c2C)ccc1NC(=O)C(C)(C)C. The summed E-state index contributed by atoms with van der Waals surface area (Å²) in [4.78, 5) is 19.5. The topological polar surface area (TPSA) is 71.4 Å². The summed E-state index contributed by atoms with van der Waals surface area (Å²) >= 11 is 9.51. The molecule has 1 amide bonds. The van der Waals surface area contributed by atoms with Crippen molar-refractivity contribution in [3.63, 3.8) is 0 Å². The number of benzene rings is 2. The van der Waals surface area contributed by atoms with Crippen LogP contribution in [0.15, 0.2) is 77.4 Å². The van der Waals surface area contributed by atoms with Crippen molar-refractivity contribution in [1.29, 1.82) is 0 Å². The van der Waals surface area contributed by atoms with Crippen molar-refractivity contribution in [3.05, 3.63) is 100 Å². The molecule has 41 heavy (non-hydrogen) atoms. The molecule has 1 aliphatic heterocycles. The van der Waals surface area contributed by atoms with Crippen LogP contribution >= 0.6 is 28.1 Å². The van der Waals surface area contributed by atoms with Gasteiger partial charge in [0, 0.05) is 44.9 Å². The van der Waals surface area contributed by atoms with E-state index >= 15 is 0 Å². The number of nitrogens with zero attached hydrogens (tertiary/aromatic N) is 3. The number of carbonyl (C=O) groups excluding carboxylic acids is 1. The van der Waals surface area contributed by atoms with E-state index in [0.29, 0.717) is 16.5 Å². The van der Waals surface area contributed by atoms with Gasteiger partial charge in [0.1, 0.15) is 5.75 Å². The van der Waals surface area contributed by atoms with E-state index in [0.717, 1.165) is 38.5 Å². The van der Waals surface area contributed by atoms with Crippen LogP contribution in [0, 0.1) is 19.3 Å². The largest absolute Gasteiger partial charge is 0.494 e. The number of rotatable bonds is 6. The van der Waals surface area contributed by atoms with Crippen molar-refractivity contribution < 1.29 is 9.53 Å². The molecule has 7 nitrogen and oxygen atoms in total. The van der Waals surface area contributed by atoms with Gasteiger partial charge in [0.15, 0.2) is 5.11 Å². The number of thiocarbonyl (C=S) groups is 1. The average molecular weight is 633 g/mol. The van der Waals surface area contributed by atoms with Crippen molar-refractivity contribution in [2.75, 3.05) is 17.3 Å². The standard InChI is InChI=1S/C32H34BrN5O2S/c1-19-17-24(20(2)37(19)22-12-10-21(33)11-13-22)29-28(26-9-7-8-16-34-26)36-31(41)38(29)23-14-15-25(27(18-23)40-6)35-30(39)32(3,4)5/h7-18,28-29H,1-6H3,(H,35,39)(H,36,41)/t28-,29+/m0/s1. The summed E-state index contributed by atoms with van der Waals surface area (Å²) in [6.45, 7) is 9.90. The molecule has 3 heterocycles. The van der Waals surface area contributed by atoms with E-state index < -0.39 is 5.41 Å². The normalized spacial score (nSPS) is 17.0. The summed E-state index contributed by atoms with van der Waals surface area (Å²) in [5.41, 5.74) is 6.29. The van der Waals surface area contributed by atoms with Crippen molar-refractivity contribution in [2.45, 2.75) is 46.7 Å². The maximum atomic E-state index is 12.7. The molecule has 1 fully saturated rings. The molecule has 2 aromatic carbocycles. The Morgan fingerprint density at radius 3 is 2.39 bits per heavy atom. The van der Waals surface area contributed by atoms with Crippen LogP contribution in [-0.4, -0.2) is 27.7 Å². The molecular weight excluding hydrogens is 598 g/mol. The lowest BCUT2D eigenvalue weighted by molar-refractivity contribution is -0.123. The summed E-state index contributed by atoms with van der Waals surface area (Å²) in [6, 6.07) is 21.9. The molecule has 1 aliphatic rings. The lowest BCUT2D eigenvalue weighted by Gasteiger charge is -2.29. The third-order valence-corrected chi connectivity index (χ3v) is 8.21. The van der Waals surface area contributed by atoms with E-state index in [1.807, 2.05) is 57.2 Å². The van der Waals surface area contributed by atoms with Crippen LogP contribution in [0.2, 0.25) is 0 Å². The van der Waals surface area contributed by atoms with Crippen LogP contribution in [0.25, 0.3) is 5.69 Å². The zero-order valence-corrected chi connectivity index (χ0v) is 26.4. The van der Waals surface area contributed by atoms with Gasteiger partial charge in [-0.3, -0.25) is 9.78 Å². The van der Waals surface area contributed by atoms with Crippen molar-refractivity contribution in [2.24, 2.45) is 5.41 Å². The maximum Gasteiger partial charge on any atom is 0.229 e. The predicted molar refractivity (Wildman–Crippen MR) is 172 cm³/mol. The van der Waals surface area contributed by atoms with Crippen LogP contribution in [0.4, 0.5) is 11.4 Å². The Balaban J connectivity index is 1.62. The van der Waals surface area contributed by atoms with Gasteiger partial charge in [-0.15, -0.1) is 0 Å². The number of aromatic nitrogens is 2. The van der Waals surface area contributed by atoms with E-state index in [4.69, 9.17) is 21.9 Å². The summed E-state index contributed by atoms with van der Waals surface area (Å²) in [6.07, 6.45) is 1.81. The molecule has 2 aromatic heterocycles. The molecule has 2 N–H and O–H groups in total. The highest BCUT2D eigenvalue weighted by molar-refractivity contribution is 9.10. The van der Waals surface area contributed by atoms with E-state index in [-0.39, 0.29) is 18.0 Å². The van der Waals surface area contributed by atoms with Gasteiger partial charge < -0.3 is 24.8 Å². The van der Waals surface area contributed by atoms with Gasteiger partial charge in [0.05, 0.1) is 30.6 Å². The number of nitrogens with one attached hydrogen (secondary N) is 2. The first kappa shape index (κ1) is 28.8. The molecule has 9 heteroatoms. The monoisotopic (exact) mass is 631 g/mol. The summed E-state index contributed by atoms with van der Waals surface area (Å²) in [7, 11) is 1.60. The highest BCUT2D eigenvalue weighted by Crippen LogP contribution is 2.45. The van der Waals surface area contributed by atoms with Crippen LogP contribution in [0.5, 0.6) is 5.75 Å². The number of methoxy groups -OCH3 is 1. The molecule has 212 valence electrons. The zero-order chi connectivity index (χ0) is 29.5. The quantitative estimate of drug-likeness (QED) is 0.216. The third-order valence-electron chi connectivity index (χ3n) is 7.36. The maximum absolute atomic E-state index is 12.7. The number of ether oxygens (including phenoxy) is 1. The highest BCUT2D eigenvalue weighted by atomic mass is 79.9. The molecule has 0 aliphatic carbocycles. The summed E-state index contributed by atoms with van der Waals surface area (Å²) < 4.78 is 9.04. The fourth-order valence-corrected chi connectivity index (χ4v) is 5.88. The molecule has 0 radical (unpaired) electrons. The van der Waals surface area contributed by atoms with Crippen molar-refractivity contribution in [1.82, 2.24) is 14.9 Å². The van der Waals surface area contributed by atoms with Gasteiger partial charge in [-0.05, 0) is 86.2 Å². The van der Waals surface area contributed by atoms with Gasteiger partial charge in [0.25, 0.3) is 0 Å². The number of pyridine rings is 1. The Morgan fingerprint density at radius 1 is 1.05 bits per heavy atom. The van der Waals surface area contributed by atoms with E-state index in [9.17, 15) is 4.79 Å². The first-order valence-electron chi connectivity index (χ1n) is 13.4. The number of carbonyl (C=O) groups is 1. The van der Waals surface area contributed by atoms with Crippen LogP contribution in [-0.2, 0) is 4.79 Å². The first-order chi connectivity index (χ1) is 19.5. The Labute approximate surface area is 255 Å². The number of hydrogen-bond acceptors (Lipinski definition) is 4. The van der Waals surface area contributed by atoms with Crippen LogP contribution in [0.1, 0.15) is 55.5 Å². The number of halogens is 1. The molecule has 0 bridgehead atoms. The minimum absolute atomic E-state index is 0.0876. The van der Waals surface area contributed by atoms with Crippen LogP contribution < -0.4 is 20.3 Å². The molecule has 2 atom stereocenters. The van der Waals surface area contributed by atoms with Crippen molar-refractivity contribution in [3.8, 4) is 11.4 Å². The second-order valence-corrected chi connectivity index (χ2v) is 12.5. The summed E-state index contributed by atoms with van der Waals surface area (Å²) in [5, 5.41) is 7.14. The fraction of sp³-hybridized carbons (Fsp3) is 0.281. The molecule has 0 unspecified atom stereocenters. The molecular formula is C32H34BrN5O2S. The lowest BCUT2D eigenvalue weighted by atomic mass is 9.95. The minimum Gasteiger partial charge on any atom is -0.494 e. The van der Waals surface area contributed by atoms with Gasteiger partial charge in [-0.1, -0.05) is 42.8 Å². The Bertz CT molecular complexity index is 1600.